The number of anilines is 2. The first-order valence-corrected chi connectivity index (χ1v) is 7.12. The van der Waals surface area contributed by atoms with Crippen LogP contribution in [0, 0.1) is 13.8 Å². The average molecular weight is 298 g/mol. The molecule has 0 aliphatic carbocycles. The summed E-state index contributed by atoms with van der Waals surface area (Å²) in [5, 5.41) is 6.00. The van der Waals surface area contributed by atoms with E-state index in [-0.39, 0.29) is 19.2 Å². The Hall–Kier alpha value is -2.69. The molecule has 0 aromatic heterocycles. The van der Waals surface area contributed by atoms with Crippen molar-refractivity contribution in [1.82, 2.24) is 0 Å². The molecule has 0 saturated heterocycles. The summed E-state index contributed by atoms with van der Waals surface area (Å²) in [5.74, 6) is 1.33. The number of amides is 1. The summed E-state index contributed by atoms with van der Waals surface area (Å²) in [6.45, 7) is 4.40. The normalized spacial score (nSPS) is 12.1. The molecule has 114 valence electrons. The average Bonchev–Trinajstić information content (AvgIpc) is 2.96. The molecule has 22 heavy (non-hydrogen) atoms. The lowest BCUT2D eigenvalue weighted by Gasteiger charge is -2.11. The summed E-state index contributed by atoms with van der Waals surface area (Å²) >= 11 is 0. The topological polar surface area (TPSA) is 59.6 Å². The van der Waals surface area contributed by atoms with Crippen LogP contribution in [0.15, 0.2) is 36.4 Å². The van der Waals surface area contributed by atoms with Crippen molar-refractivity contribution in [3.8, 4) is 11.5 Å². The minimum absolute atomic E-state index is 0.0913. The van der Waals surface area contributed by atoms with E-state index in [1.165, 1.54) is 0 Å². The number of fused-ring (bicyclic) bond motifs is 1. The summed E-state index contributed by atoms with van der Waals surface area (Å²) in [4.78, 5) is 12.1. The standard InChI is InChI=1S/C17H18N2O3/c1-11-3-4-12(2)14(7-11)19-17(20)9-18-13-5-6-15-16(8-13)22-10-21-15/h3-8,18H,9-10H2,1-2H3,(H,19,20). The number of hydrogen-bond donors (Lipinski definition) is 2. The SMILES string of the molecule is Cc1ccc(C)c(NC(=O)CNc2ccc3c(c2)OCO3)c1. The van der Waals surface area contributed by atoms with Gasteiger partial charge in [-0.15, -0.1) is 0 Å². The van der Waals surface area contributed by atoms with Crippen LogP contribution < -0.4 is 20.1 Å². The van der Waals surface area contributed by atoms with Crippen LogP contribution >= 0.6 is 0 Å². The van der Waals surface area contributed by atoms with Gasteiger partial charge in [0, 0.05) is 17.4 Å². The molecule has 5 nitrogen and oxygen atoms in total. The molecule has 0 spiro atoms. The lowest BCUT2D eigenvalue weighted by atomic mass is 10.1. The van der Waals surface area contributed by atoms with Crippen molar-refractivity contribution in [2.45, 2.75) is 13.8 Å². The second-order valence-electron chi connectivity index (χ2n) is 5.29. The lowest BCUT2D eigenvalue weighted by Crippen LogP contribution is -2.22. The Morgan fingerprint density at radius 1 is 1.09 bits per heavy atom. The van der Waals surface area contributed by atoms with E-state index in [0.717, 1.165) is 28.3 Å². The number of rotatable bonds is 4. The van der Waals surface area contributed by atoms with E-state index >= 15 is 0 Å². The van der Waals surface area contributed by atoms with Gasteiger partial charge in [-0.05, 0) is 43.2 Å². The van der Waals surface area contributed by atoms with E-state index in [9.17, 15) is 4.79 Å². The van der Waals surface area contributed by atoms with Crippen molar-refractivity contribution in [3.63, 3.8) is 0 Å². The molecule has 2 aromatic carbocycles. The predicted molar refractivity (Wildman–Crippen MR) is 85.6 cm³/mol. The van der Waals surface area contributed by atoms with Crippen molar-refractivity contribution in [1.29, 1.82) is 0 Å². The van der Waals surface area contributed by atoms with Gasteiger partial charge in [-0.1, -0.05) is 12.1 Å². The number of ether oxygens (including phenoxy) is 2. The van der Waals surface area contributed by atoms with Crippen molar-refractivity contribution >= 4 is 17.3 Å². The second kappa shape index (κ2) is 5.97. The lowest BCUT2D eigenvalue weighted by molar-refractivity contribution is -0.114. The Labute approximate surface area is 129 Å². The first kappa shape index (κ1) is 14.3. The van der Waals surface area contributed by atoms with Crippen LogP contribution in [0.25, 0.3) is 0 Å². The van der Waals surface area contributed by atoms with Crippen molar-refractivity contribution in [2.75, 3.05) is 24.0 Å². The van der Waals surface area contributed by atoms with Gasteiger partial charge in [-0.3, -0.25) is 4.79 Å². The molecule has 0 unspecified atom stereocenters. The van der Waals surface area contributed by atoms with Gasteiger partial charge in [0.1, 0.15) is 0 Å². The number of aryl methyl sites for hydroxylation is 2. The van der Waals surface area contributed by atoms with Gasteiger partial charge in [-0.25, -0.2) is 0 Å². The third-order valence-electron chi connectivity index (χ3n) is 3.49. The Bertz CT molecular complexity index is 713. The van der Waals surface area contributed by atoms with E-state index in [2.05, 4.69) is 10.6 Å². The highest BCUT2D eigenvalue weighted by Crippen LogP contribution is 2.34. The highest BCUT2D eigenvalue weighted by atomic mass is 16.7. The van der Waals surface area contributed by atoms with Crippen LogP contribution in [-0.2, 0) is 4.79 Å². The minimum Gasteiger partial charge on any atom is -0.454 e. The molecule has 0 bridgehead atoms. The fraction of sp³-hybridized carbons (Fsp3) is 0.235. The van der Waals surface area contributed by atoms with E-state index < -0.39 is 0 Å². The molecule has 0 radical (unpaired) electrons. The zero-order valence-electron chi connectivity index (χ0n) is 12.6. The van der Waals surface area contributed by atoms with Gasteiger partial charge in [0.2, 0.25) is 12.7 Å². The maximum atomic E-state index is 12.1. The largest absolute Gasteiger partial charge is 0.454 e. The second-order valence-corrected chi connectivity index (χ2v) is 5.29. The third kappa shape index (κ3) is 3.14. The van der Waals surface area contributed by atoms with Gasteiger partial charge in [0.15, 0.2) is 11.5 Å². The first-order valence-electron chi connectivity index (χ1n) is 7.12. The van der Waals surface area contributed by atoms with Crippen LogP contribution in [0.1, 0.15) is 11.1 Å². The van der Waals surface area contributed by atoms with E-state index in [1.807, 2.05) is 50.2 Å². The number of carbonyl (C=O) groups is 1. The number of carbonyl (C=O) groups excluding carboxylic acids is 1. The monoisotopic (exact) mass is 298 g/mol. The Kier molecular flexibility index (Phi) is 3.87. The van der Waals surface area contributed by atoms with Crippen LogP contribution in [0.3, 0.4) is 0 Å². The van der Waals surface area contributed by atoms with Gasteiger partial charge in [-0.2, -0.15) is 0 Å². The van der Waals surface area contributed by atoms with Crippen molar-refractivity contribution in [3.05, 3.63) is 47.5 Å². The van der Waals surface area contributed by atoms with E-state index in [4.69, 9.17) is 9.47 Å². The van der Waals surface area contributed by atoms with E-state index in [1.54, 1.807) is 0 Å². The Morgan fingerprint density at radius 2 is 1.91 bits per heavy atom. The Morgan fingerprint density at radius 3 is 2.77 bits per heavy atom. The molecule has 0 saturated carbocycles. The number of hydrogen-bond acceptors (Lipinski definition) is 4. The molecular formula is C17H18N2O3. The summed E-state index contributed by atoms with van der Waals surface area (Å²) < 4.78 is 10.6. The van der Waals surface area contributed by atoms with Gasteiger partial charge in [0.05, 0.1) is 6.54 Å². The van der Waals surface area contributed by atoms with Gasteiger partial charge in [0.25, 0.3) is 0 Å². The molecule has 0 atom stereocenters. The summed E-state index contributed by atoms with van der Waals surface area (Å²) in [7, 11) is 0. The molecule has 2 aromatic rings. The molecule has 3 rings (SSSR count). The molecule has 1 aliphatic rings. The quantitative estimate of drug-likeness (QED) is 0.910. The van der Waals surface area contributed by atoms with Crippen LogP contribution in [0.2, 0.25) is 0 Å². The highest BCUT2D eigenvalue weighted by Gasteiger charge is 2.13. The van der Waals surface area contributed by atoms with E-state index in [0.29, 0.717) is 5.75 Å². The van der Waals surface area contributed by atoms with Gasteiger partial charge >= 0.3 is 0 Å². The molecule has 1 heterocycles. The molecule has 1 amide bonds. The summed E-state index contributed by atoms with van der Waals surface area (Å²) in [5.41, 5.74) is 3.82. The maximum Gasteiger partial charge on any atom is 0.243 e. The van der Waals surface area contributed by atoms with Crippen molar-refractivity contribution < 1.29 is 14.3 Å². The predicted octanol–water partition coefficient (Wildman–Crippen LogP) is 3.08. The molecular weight excluding hydrogens is 280 g/mol. The first-order chi connectivity index (χ1) is 10.6. The fourth-order valence-corrected chi connectivity index (χ4v) is 2.25. The summed E-state index contributed by atoms with van der Waals surface area (Å²) in [6, 6.07) is 11.5. The zero-order valence-corrected chi connectivity index (χ0v) is 12.6. The number of benzene rings is 2. The zero-order chi connectivity index (χ0) is 15.5. The number of nitrogens with one attached hydrogen (secondary N) is 2. The molecule has 5 heteroatoms. The van der Waals surface area contributed by atoms with Crippen LogP contribution in [-0.4, -0.2) is 19.2 Å². The summed E-state index contributed by atoms with van der Waals surface area (Å²) in [6.07, 6.45) is 0. The van der Waals surface area contributed by atoms with Gasteiger partial charge < -0.3 is 20.1 Å². The minimum atomic E-state index is -0.0913. The molecule has 0 fully saturated rings. The molecule has 1 aliphatic heterocycles. The van der Waals surface area contributed by atoms with Crippen LogP contribution in [0.5, 0.6) is 11.5 Å². The third-order valence-corrected chi connectivity index (χ3v) is 3.49. The fourth-order valence-electron chi connectivity index (χ4n) is 2.25. The molecule has 2 N–H and O–H groups in total. The van der Waals surface area contributed by atoms with Crippen molar-refractivity contribution in [2.24, 2.45) is 0 Å². The van der Waals surface area contributed by atoms with Crippen LogP contribution in [0.4, 0.5) is 11.4 Å². The Balaban J connectivity index is 1.59. The maximum absolute atomic E-state index is 12.1. The highest BCUT2D eigenvalue weighted by molar-refractivity contribution is 5.94. The smallest absolute Gasteiger partial charge is 0.243 e.